The Kier molecular flexibility index (Phi) is 4.74. The predicted octanol–water partition coefficient (Wildman–Crippen LogP) is 4.23. The van der Waals surface area contributed by atoms with Crippen LogP contribution in [0.15, 0.2) is 36.4 Å². The van der Waals surface area contributed by atoms with E-state index in [0.29, 0.717) is 30.9 Å². The van der Waals surface area contributed by atoms with Crippen molar-refractivity contribution < 1.29 is 9.18 Å². The summed E-state index contributed by atoms with van der Waals surface area (Å²) in [6, 6.07) is 9.80. The number of carbonyl (C=O) groups is 1. The van der Waals surface area contributed by atoms with E-state index in [1.165, 1.54) is 12.1 Å². The van der Waals surface area contributed by atoms with Crippen LogP contribution in [0.1, 0.15) is 29.7 Å². The van der Waals surface area contributed by atoms with Crippen LogP contribution in [0, 0.1) is 12.7 Å². The molecular formula is C22H24FN5O. The number of fused-ring (bicyclic) bond motifs is 1. The second-order valence-electron chi connectivity index (χ2n) is 7.31. The number of nitrogens with zero attached hydrogens (tertiary/aromatic N) is 3. The molecule has 3 aromatic rings. The zero-order valence-corrected chi connectivity index (χ0v) is 16.8. The van der Waals surface area contributed by atoms with Gasteiger partial charge in [-0.1, -0.05) is 25.1 Å². The minimum absolute atomic E-state index is 0.210. The van der Waals surface area contributed by atoms with Crippen molar-refractivity contribution in [3.05, 3.63) is 65.0 Å². The molecule has 3 N–H and O–H groups in total. The van der Waals surface area contributed by atoms with Crippen LogP contribution in [-0.2, 0) is 26.6 Å². The molecule has 2 aromatic carbocycles. The third kappa shape index (κ3) is 3.33. The van der Waals surface area contributed by atoms with Gasteiger partial charge in [0, 0.05) is 7.05 Å². The van der Waals surface area contributed by atoms with Gasteiger partial charge in [0.15, 0.2) is 0 Å². The van der Waals surface area contributed by atoms with E-state index in [1.807, 2.05) is 31.5 Å². The summed E-state index contributed by atoms with van der Waals surface area (Å²) >= 11 is 0. The second-order valence-corrected chi connectivity index (χ2v) is 7.31. The molecule has 6 nitrogen and oxygen atoms in total. The molecule has 0 fully saturated rings. The van der Waals surface area contributed by atoms with Crippen molar-refractivity contribution in [3.8, 4) is 11.1 Å². The summed E-state index contributed by atoms with van der Waals surface area (Å²) in [5, 5.41) is 3.00. The molecule has 0 spiro atoms. The van der Waals surface area contributed by atoms with Gasteiger partial charge in [-0.15, -0.1) is 0 Å². The largest absolute Gasteiger partial charge is 0.397 e. The molecule has 0 aliphatic carbocycles. The lowest BCUT2D eigenvalue weighted by molar-refractivity contribution is 0.211. The molecule has 0 atom stereocenters. The van der Waals surface area contributed by atoms with Gasteiger partial charge in [0.2, 0.25) is 0 Å². The Bertz CT molecular complexity index is 1090. The topological polar surface area (TPSA) is 76.2 Å². The first-order valence-corrected chi connectivity index (χ1v) is 9.63. The fourth-order valence-corrected chi connectivity index (χ4v) is 3.88. The first kappa shape index (κ1) is 19.0. The predicted molar refractivity (Wildman–Crippen MR) is 112 cm³/mol. The van der Waals surface area contributed by atoms with Gasteiger partial charge in [-0.2, -0.15) is 0 Å². The number of anilines is 2. The lowest BCUT2D eigenvalue weighted by Crippen LogP contribution is -2.31. The van der Waals surface area contributed by atoms with Crippen LogP contribution < -0.4 is 11.1 Å². The van der Waals surface area contributed by atoms with Gasteiger partial charge in [0.05, 0.1) is 35.9 Å². The molecule has 7 heteroatoms. The number of hydrogen-bond acceptors (Lipinski definition) is 3. The molecule has 1 aliphatic heterocycles. The number of urea groups is 1. The van der Waals surface area contributed by atoms with Crippen LogP contribution in [0.3, 0.4) is 0 Å². The SMILES string of the molecule is CCc1c(-c2ccc(F)cc2)ccc(N)c1NC(=O)N1Cc2nc(C)n(C)c2C1. The van der Waals surface area contributed by atoms with Crippen molar-refractivity contribution in [2.24, 2.45) is 7.05 Å². The van der Waals surface area contributed by atoms with E-state index in [2.05, 4.69) is 10.3 Å². The maximum absolute atomic E-state index is 13.3. The lowest BCUT2D eigenvalue weighted by Gasteiger charge is -2.21. The van der Waals surface area contributed by atoms with Crippen LogP contribution in [0.2, 0.25) is 0 Å². The molecule has 2 heterocycles. The average Bonchev–Trinajstić information content (AvgIpc) is 3.23. The standard InChI is InChI=1S/C22H24FN5O/c1-4-16-17(14-5-7-15(23)8-6-14)9-10-18(24)21(16)26-22(29)28-11-19-20(12-28)27(3)13(2)25-19/h5-10H,4,11-12,24H2,1-3H3,(H,26,29). The Morgan fingerprint density at radius 3 is 2.59 bits per heavy atom. The number of aryl methyl sites for hydroxylation is 1. The smallest absolute Gasteiger partial charge is 0.322 e. The molecule has 0 bridgehead atoms. The lowest BCUT2D eigenvalue weighted by atomic mass is 9.95. The van der Waals surface area contributed by atoms with Gasteiger partial charge in [0.25, 0.3) is 0 Å². The van der Waals surface area contributed by atoms with Crippen LogP contribution >= 0.6 is 0 Å². The average molecular weight is 393 g/mol. The van der Waals surface area contributed by atoms with Crippen molar-refractivity contribution in [3.63, 3.8) is 0 Å². The van der Waals surface area contributed by atoms with Gasteiger partial charge in [-0.25, -0.2) is 14.2 Å². The van der Waals surface area contributed by atoms with E-state index >= 15 is 0 Å². The molecule has 1 aromatic heterocycles. The van der Waals surface area contributed by atoms with Gasteiger partial charge in [-0.3, -0.25) is 0 Å². The highest BCUT2D eigenvalue weighted by atomic mass is 19.1. The maximum Gasteiger partial charge on any atom is 0.322 e. The summed E-state index contributed by atoms with van der Waals surface area (Å²) in [7, 11) is 1.96. The molecule has 0 unspecified atom stereocenters. The monoisotopic (exact) mass is 393 g/mol. The van der Waals surface area contributed by atoms with E-state index in [-0.39, 0.29) is 11.8 Å². The summed E-state index contributed by atoms with van der Waals surface area (Å²) in [4.78, 5) is 19.2. The quantitative estimate of drug-likeness (QED) is 0.654. The normalized spacial score (nSPS) is 12.9. The molecule has 4 rings (SSSR count). The van der Waals surface area contributed by atoms with Crippen molar-refractivity contribution in [1.82, 2.24) is 14.5 Å². The fraction of sp³-hybridized carbons (Fsp3) is 0.273. The summed E-state index contributed by atoms with van der Waals surface area (Å²) in [5.74, 6) is 0.660. The molecule has 2 amide bonds. The fourth-order valence-electron chi connectivity index (χ4n) is 3.88. The molecule has 29 heavy (non-hydrogen) atoms. The number of amides is 2. The molecule has 1 aliphatic rings. The summed E-state index contributed by atoms with van der Waals surface area (Å²) in [6.45, 7) is 4.95. The van der Waals surface area contributed by atoms with Gasteiger partial charge >= 0.3 is 6.03 Å². The molecule has 0 saturated carbocycles. The number of nitrogens with one attached hydrogen (secondary N) is 1. The highest BCUT2D eigenvalue weighted by Gasteiger charge is 2.28. The number of nitrogen functional groups attached to an aromatic ring is 1. The Labute approximate surface area is 169 Å². The Morgan fingerprint density at radius 1 is 1.21 bits per heavy atom. The molecule has 150 valence electrons. The van der Waals surface area contributed by atoms with E-state index in [1.54, 1.807) is 23.1 Å². The third-order valence-corrected chi connectivity index (χ3v) is 5.57. The van der Waals surface area contributed by atoms with Crippen molar-refractivity contribution in [2.75, 3.05) is 11.1 Å². The van der Waals surface area contributed by atoms with Crippen LogP contribution in [0.25, 0.3) is 11.1 Å². The minimum Gasteiger partial charge on any atom is -0.397 e. The van der Waals surface area contributed by atoms with Crippen molar-refractivity contribution in [1.29, 1.82) is 0 Å². The number of benzene rings is 2. The number of carbonyl (C=O) groups excluding carboxylic acids is 1. The zero-order valence-electron chi connectivity index (χ0n) is 16.8. The van der Waals surface area contributed by atoms with Crippen LogP contribution in [0.4, 0.5) is 20.6 Å². The number of halogens is 1. The highest BCUT2D eigenvalue weighted by molar-refractivity contribution is 5.96. The van der Waals surface area contributed by atoms with Crippen LogP contribution in [-0.4, -0.2) is 20.5 Å². The first-order valence-electron chi connectivity index (χ1n) is 9.63. The van der Waals surface area contributed by atoms with E-state index < -0.39 is 0 Å². The second kappa shape index (κ2) is 7.24. The van der Waals surface area contributed by atoms with Crippen molar-refractivity contribution in [2.45, 2.75) is 33.4 Å². The van der Waals surface area contributed by atoms with Gasteiger partial charge < -0.3 is 20.5 Å². The first-order chi connectivity index (χ1) is 13.9. The molecular weight excluding hydrogens is 369 g/mol. The number of nitrogens with two attached hydrogens (primary N) is 1. The number of rotatable bonds is 3. The van der Waals surface area contributed by atoms with Crippen LogP contribution in [0.5, 0.6) is 0 Å². The highest BCUT2D eigenvalue weighted by Crippen LogP contribution is 2.35. The maximum atomic E-state index is 13.3. The number of hydrogen-bond donors (Lipinski definition) is 2. The Hall–Kier alpha value is -3.35. The number of imidazole rings is 1. The Morgan fingerprint density at radius 2 is 1.93 bits per heavy atom. The Balaban J connectivity index is 1.62. The summed E-state index contributed by atoms with van der Waals surface area (Å²) in [5.41, 5.74) is 12.1. The van der Waals surface area contributed by atoms with E-state index in [4.69, 9.17) is 5.73 Å². The summed E-state index contributed by atoms with van der Waals surface area (Å²) in [6.07, 6.45) is 0.675. The van der Waals surface area contributed by atoms with Crippen molar-refractivity contribution >= 4 is 17.4 Å². The molecule has 0 radical (unpaired) electrons. The third-order valence-electron chi connectivity index (χ3n) is 5.57. The molecule has 0 saturated heterocycles. The number of aromatic nitrogens is 2. The van der Waals surface area contributed by atoms with E-state index in [9.17, 15) is 9.18 Å². The minimum atomic E-state index is -0.284. The van der Waals surface area contributed by atoms with E-state index in [0.717, 1.165) is 33.9 Å². The van der Waals surface area contributed by atoms with Gasteiger partial charge in [0.1, 0.15) is 11.6 Å². The zero-order chi connectivity index (χ0) is 20.7. The summed E-state index contributed by atoms with van der Waals surface area (Å²) < 4.78 is 15.3. The van der Waals surface area contributed by atoms with Gasteiger partial charge in [-0.05, 0) is 48.2 Å².